The molecule has 7 heterocycles. The van der Waals surface area contributed by atoms with E-state index in [9.17, 15) is 27.2 Å². The van der Waals surface area contributed by atoms with Gasteiger partial charge in [-0.1, -0.05) is 26.0 Å². The Labute approximate surface area is 522 Å². The maximum absolute atomic E-state index is 14.8. The molecular formula is C64H89FN14O9S. The molecule has 4 atom stereocenters. The second-order valence-corrected chi connectivity index (χ2v) is 29.4. The minimum atomic E-state index is -3.88. The van der Waals surface area contributed by atoms with Crippen molar-refractivity contribution >= 4 is 56.0 Å². The van der Waals surface area contributed by atoms with Crippen LogP contribution in [0, 0.1) is 5.82 Å². The minimum Gasteiger partial charge on any atom is -0.492 e. The molecule has 0 bridgehead atoms. The minimum absolute atomic E-state index is 0.0248. The van der Waals surface area contributed by atoms with Crippen LogP contribution in [0.4, 0.5) is 26.6 Å². The average molecular weight is 1250 g/mol. The Morgan fingerprint density at radius 1 is 0.888 bits per heavy atom. The van der Waals surface area contributed by atoms with Gasteiger partial charge in [-0.15, -0.1) is 0 Å². The Morgan fingerprint density at radius 3 is 2.25 bits per heavy atom. The molecule has 5 aromatic rings. The molecule has 3 fully saturated rings. The molecule has 2 aromatic carbocycles. The summed E-state index contributed by atoms with van der Waals surface area (Å²) in [6, 6.07) is 10.6. The van der Waals surface area contributed by atoms with Crippen LogP contribution in [0.2, 0.25) is 0 Å². The number of ether oxygens (including phenoxy) is 4. The second-order valence-electron chi connectivity index (χ2n) is 26.8. The van der Waals surface area contributed by atoms with E-state index < -0.39 is 31.7 Å². The molecule has 3 aromatic heterocycles. The number of benzene rings is 2. The lowest BCUT2D eigenvalue weighted by atomic mass is 9.90. The Balaban J connectivity index is 0.794. The molecule has 0 unspecified atom stereocenters. The predicted molar refractivity (Wildman–Crippen MR) is 341 cm³/mol. The molecule has 4 aliphatic heterocycles. The van der Waals surface area contributed by atoms with E-state index in [1.807, 2.05) is 47.6 Å². The summed E-state index contributed by atoms with van der Waals surface area (Å²) in [5, 5.41) is 0.414. The molecule has 23 nitrogen and oxygen atoms in total. The Kier molecular flexibility index (Phi) is 19.8. The molecule has 25 heteroatoms. The number of morpholine rings is 1. The van der Waals surface area contributed by atoms with Crippen molar-refractivity contribution in [3.05, 3.63) is 105 Å². The summed E-state index contributed by atoms with van der Waals surface area (Å²) in [7, 11) is -2.13. The van der Waals surface area contributed by atoms with Crippen molar-refractivity contribution in [2.45, 2.75) is 141 Å². The summed E-state index contributed by atoms with van der Waals surface area (Å²) in [5.74, 6) is 1.24. The Bertz CT molecular complexity index is 3630. The third-order valence-corrected chi connectivity index (χ3v) is 19.6. The molecule has 4 aliphatic rings. The van der Waals surface area contributed by atoms with Gasteiger partial charge >= 0.3 is 6.09 Å². The number of amides is 2. The number of nitrogens with two attached hydrogens (primary N) is 2. The van der Waals surface area contributed by atoms with E-state index >= 15 is 0 Å². The number of piperazine rings is 2. The zero-order valence-corrected chi connectivity index (χ0v) is 54.7. The number of halogens is 1. The molecule has 0 spiro atoms. The third kappa shape index (κ3) is 15.3. The van der Waals surface area contributed by atoms with Gasteiger partial charge in [0.1, 0.15) is 46.9 Å². The number of fused-ring (bicyclic) bond motifs is 2. The van der Waals surface area contributed by atoms with Crippen LogP contribution < -0.4 is 36.3 Å². The number of pyridine rings is 1. The first-order valence-electron chi connectivity index (χ1n) is 30.6. The summed E-state index contributed by atoms with van der Waals surface area (Å²) < 4.78 is 67.1. The van der Waals surface area contributed by atoms with Crippen LogP contribution in [0.1, 0.15) is 106 Å². The van der Waals surface area contributed by atoms with Gasteiger partial charge in [0.25, 0.3) is 5.56 Å². The largest absolute Gasteiger partial charge is 0.492 e. The van der Waals surface area contributed by atoms with Crippen molar-refractivity contribution in [2.75, 3.05) is 102 Å². The molecule has 4 N–H and O–H groups in total. The molecule has 2 amide bonds. The van der Waals surface area contributed by atoms with Crippen molar-refractivity contribution in [3.63, 3.8) is 0 Å². The fourth-order valence-electron chi connectivity index (χ4n) is 11.9. The van der Waals surface area contributed by atoms with Crippen LogP contribution in [0.25, 0.3) is 10.9 Å². The molecule has 3 saturated heterocycles. The molecular weight excluding hydrogens is 1160 g/mol. The molecule has 9 rings (SSSR count). The number of aliphatic imine (C=N–C) groups is 1. The van der Waals surface area contributed by atoms with Gasteiger partial charge in [-0.05, 0) is 105 Å². The van der Waals surface area contributed by atoms with Gasteiger partial charge in [0.2, 0.25) is 11.9 Å². The monoisotopic (exact) mass is 1250 g/mol. The topological polar surface area (TPSA) is 263 Å². The maximum Gasteiger partial charge on any atom is 0.410 e. The average Bonchev–Trinajstić information content (AvgIpc) is 1.89. The third-order valence-electron chi connectivity index (χ3n) is 17.1. The molecule has 89 heavy (non-hydrogen) atoms. The number of carbonyl (C=O) groups is 2. The first-order valence-corrected chi connectivity index (χ1v) is 32.1. The quantitative estimate of drug-likeness (QED) is 0.0549. The first kappa shape index (κ1) is 66.1. The number of aromatic nitrogens is 5. The highest BCUT2D eigenvalue weighted by Crippen LogP contribution is 2.41. The predicted octanol–water partition coefficient (Wildman–Crippen LogP) is 6.36. The maximum atomic E-state index is 14.8. The van der Waals surface area contributed by atoms with Crippen LogP contribution in [-0.2, 0) is 43.0 Å². The standard InChI is InChI=1S/C64H89FN14O9S/c1-40-31-77(35-55(80)79-38-64(11,12)56-52(79)26-45(59(81)73(56)13)25-44-15-17-46(65)18-16-44)47(33-78(40)61(82)88-62(5,6)7)32-76-34-49(86-36-41(76)2)37-87-48-29-68-60(69-30-48)75-22-20-74(21-23-75)19-14-24-85-53-28-51-50(27-54(53)89(83,84)63(8,9)10)58(71-39-70-51)72-57(67)42(3)43(4)66/h15-18,26-30,39-41,47,49H,14,19-25,31-38,66H2,1-13H3,(H2,67,70,71,72)/t40-,41-,47+,49-/m1/s1. The van der Waals surface area contributed by atoms with Crippen molar-refractivity contribution in [1.29, 1.82) is 0 Å². The molecule has 0 radical (unpaired) electrons. The normalized spacial score (nSPS) is 21.0. The number of carbonyl (C=O) groups excluding carboxylic acids is 2. The van der Waals surface area contributed by atoms with Crippen LogP contribution in [0.5, 0.6) is 11.5 Å². The van der Waals surface area contributed by atoms with Gasteiger partial charge in [-0.2, -0.15) is 0 Å². The number of rotatable bonds is 18. The fraction of sp³-hybridized carbons (Fsp3) is 0.562. The van der Waals surface area contributed by atoms with E-state index in [4.69, 9.17) is 30.4 Å². The van der Waals surface area contributed by atoms with E-state index in [0.29, 0.717) is 104 Å². The first-order chi connectivity index (χ1) is 41.9. The lowest BCUT2D eigenvalue weighted by molar-refractivity contribution is -0.122. The van der Waals surface area contributed by atoms with Gasteiger partial charge in [0.05, 0.1) is 53.8 Å². The van der Waals surface area contributed by atoms with Crippen LogP contribution >= 0.6 is 0 Å². The molecule has 0 aliphatic carbocycles. The summed E-state index contributed by atoms with van der Waals surface area (Å²) in [5.41, 5.74) is 15.2. The van der Waals surface area contributed by atoms with Crippen LogP contribution in [-0.4, -0.2) is 197 Å². The SMILES string of the molecule is CC(N)=C(C)C(N)=Nc1ncnc2cc(OCCCN3CCN(c4ncc(OC[C@H]5CN(C[C@H]6CN(C(=O)OC(C)(C)C)[C@H](C)CN6CC(=O)N6CC(C)(C)c7c6cc(Cc6ccc(F)cc6)c(=O)n7C)[C@H](C)CO5)cn4)CC3)c(S(=O)(=O)C(C)(C)C)cc12. The van der Waals surface area contributed by atoms with Gasteiger partial charge in [0, 0.05) is 131 Å². The second kappa shape index (κ2) is 26.6. The number of anilines is 2. The van der Waals surface area contributed by atoms with Gasteiger partial charge in [-0.25, -0.2) is 42.5 Å². The zero-order valence-electron chi connectivity index (χ0n) is 53.9. The molecule has 0 saturated carbocycles. The Hall–Kier alpha value is -7.32. The van der Waals surface area contributed by atoms with E-state index in [1.54, 1.807) is 86.6 Å². The van der Waals surface area contributed by atoms with Crippen LogP contribution in [0.15, 0.2) is 87.1 Å². The summed E-state index contributed by atoms with van der Waals surface area (Å²) >= 11 is 0. The molecule has 482 valence electrons. The lowest BCUT2D eigenvalue weighted by Gasteiger charge is -2.48. The smallest absolute Gasteiger partial charge is 0.410 e. The van der Waals surface area contributed by atoms with Crippen LogP contribution in [0.3, 0.4) is 0 Å². The number of hydrogen-bond donors (Lipinski definition) is 2. The van der Waals surface area contributed by atoms with Gasteiger partial charge < -0.3 is 49.7 Å². The number of hydrogen-bond acceptors (Lipinski definition) is 19. The van der Waals surface area contributed by atoms with Gasteiger partial charge in [0.15, 0.2) is 21.4 Å². The van der Waals surface area contributed by atoms with E-state index in [2.05, 4.69) is 51.5 Å². The highest BCUT2D eigenvalue weighted by atomic mass is 32.2. The lowest BCUT2D eigenvalue weighted by Crippen LogP contribution is -2.65. The van der Waals surface area contributed by atoms with E-state index in [-0.39, 0.29) is 90.0 Å². The fourth-order valence-corrected chi connectivity index (χ4v) is 13.2. The Morgan fingerprint density at radius 2 is 1.58 bits per heavy atom. The summed E-state index contributed by atoms with van der Waals surface area (Å²) in [6.45, 7) is 29.1. The van der Waals surface area contributed by atoms with E-state index in [1.165, 1.54) is 24.5 Å². The van der Waals surface area contributed by atoms with Crippen molar-refractivity contribution < 1.29 is 41.3 Å². The number of nitrogens with zero attached hydrogens (tertiary/aromatic N) is 12. The highest BCUT2D eigenvalue weighted by Gasteiger charge is 2.44. The van der Waals surface area contributed by atoms with Crippen molar-refractivity contribution in [2.24, 2.45) is 23.5 Å². The van der Waals surface area contributed by atoms with Crippen molar-refractivity contribution in [3.8, 4) is 11.5 Å². The number of allylic oxidation sites excluding steroid dienone is 1. The number of amidine groups is 1. The highest BCUT2D eigenvalue weighted by molar-refractivity contribution is 7.92. The number of sulfone groups is 1. The van der Waals surface area contributed by atoms with Gasteiger partial charge in [-0.3, -0.25) is 24.3 Å². The zero-order chi connectivity index (χ0) is 64.5. The summed E-state index contributed by atoms with van der Waals surface area (Å²) in [4.78, 5) is 77.6. The summed E-state index contributed by atoms with van der Waals surface area (Å²) in [6.07, 6.45) is 4.95. The van der Waals surface area contributed by atoms with Crippen molar-refractivity contribution in [1.82, 2.24) is 44.1 Å². The van der Waals surface area contributed by atoms with E-state index in [0.717, 1.165) is 30.9 Å².